The number of hydrogen-bond acceptors (Lipinski definition) is 11. The van der Waals surface area contributed by atoms with Crippen molar-refractivity contribution in [1.82, 2.24) is 30.7 Å². The molecule has 0 spiro atoms. The number of esters is 1. The molecule has 1 saturated heterocycles. The van der Waals surface area contributed by atoms with Crippen LogP contribution < -0.4 is 30.2 Å². The predicted molar refractivity (Wildman–Crippen MR) is 217 cm³/mol. The molecule has 6 atom stereocenters. The highest BCUT2D eigenvalue weighted by atomic mass is 16.5. The summed E-state index contributed by atoms with van der Waals surface area (Å²) >= 11 is 0. The second-order valence-corrected chi connectivity index (χ2v) is 14.9. The Hall–Kier alpha value is -6.65. The topological polar surface area (TPSA) is 202 Å². The molecule has 3 aromatic carbocycles. The fraction of sp³-hybridized carbons (Fsp3) is 0.419. The van der Waals surface area contributed by atoms with E-state index in [1.807, 2.05) is 0 Å². The number of rotatable bonds is 6. The summed E-state index contributed by atoms with van der Waals surface area (Å²) in [6.45, 7) is 3.41. The lowest BCUT2D eigenvalue weighted by Crippen LogP contribution is -2.62. The number of amides is 6. The van der Waals surface area contributed by atoms with Gasteiger partial charge in [0.1, 0.15) is 54.4 Å². The van der Waals surface area contributed by atoms with Crippen molar-refractivity contribution in [3.63, 3.8) is 0 Å². The molecule has 3 N–H and O–H groups in total. The van der Waals surface area contributed by atoms with Crippen LogP contribution in [0.5, 0.6) is 23.0 Å². The fourth-order valence-corrected chi connectivity index (χ4v) is 7.05. The van der Waals surface area contributed by atoms with E-state index in [0.717, 1.165) is 11.8 Å². The molecular weight excluding hydrogens is 777 g/mol. The summed E-state index contributed by atoms with van der Waals surface area (Å²) in [6.07, 6.45) is -0.0570. The van der Waals surface area contributed by atoms with Gasteiger partial charge in [-0.25, -0.2) is 0 Å². The molecule has 3 aromatic rings. The van der Waals surface area contributed by atoms with Gasteiger partial charge in [0.15, 0.2) is 11.5 Å². The van der Waals surface area contributed by atoms with E-state index >= 15 is 0 Å². The smallest absolute Gasteiger partial charge is 0.302 e. The van der Waals surface area contributed by atoms with Crippen LogP contribution >= 0.6 is 0 Å². The van der Waals surface area contributed by atoms with Crippen LogP contribution in [0.2, 0.25) is 0 Å². The average molecular weight is 829 g/mol. The SMILES string of the molecule is COc1ccc(C[C@H]2C(=O)N[C@@H](C)C(=O)N(C)[C@H]3Cc4ccc(cc4)Oc4cc(ccc4OC)C[C@@H](C(=O)N[C@H](C)C(=O)N[C@@H](COC(C)=O)C(=O)N2C)N(C)C3=O)cc1. The van der Waals surface area contributed by atoms with Crippen LogP contribution in [0, 0.1) is 0 Å². The van der Waals surface area contributed by atoms with Gasteiger partial charge < -0.3 is 49.6 Å². The fourth-order valence-electron chi connectivity index (χ4n) is 7.05. The van der Waals surface area contributed by atoms with E-state index in [1.165, 1.54) is 59.0 Å². The van der Waals surface area contributed by atoms with Gasteiger partial charge in [0.2, 0.25) is 35.4 Å². The molecule has 0 unspecified atom stereocenters. The molecule has 0 aliphatic carbocycles. The highest BCUT2D eigenvalue weighted by Gasteiger charge is 2.40. The molecule has 0 saturated carbocycles. The molecule has 17 nitrogen and oxygen atoms in total. The lowest BCUT2D eigenvalue weighted by atomic mass is 9.98. The second-order valence-electron chi connectivity index (χ2n) is 14.9. The van der Waals surface area contributed by atoms with Crippen molar-refractivity contribution in [2.24, 2.45) is 0 Å². The van der Waals surface area contributed by atoms with Gasteiger partial charge in [-0.2, -0.15) is 0 Å². The third-order valence-electron chi connectivity index (χ3n) is 10.7. The highest BCUT2D eigenvalue weighted by molar-refractivity contribution is 5.98. The van der Waals surface area contributed by atoms with Crippen molar-refractivity contribution in [3.05, 3.63) is 83.4 Å². The standard InChI is InChI=1S/C43H52N6O11/c1-24-38(51)46-32(23-59-26(3)50)42(55)47(4)33(19-27-9-14-30(57-7)15-10-27)40(53)45-25(2)41(54)49(6)35-20-28-11-16-31(17-12-28)60-37-22-29(13-18-36(37)58-8)21-34(39(52)44-24)48(5)43(35)56/h9-18,22,24-25,32-35H,19-21,23H2,1-8H3,(H,44,52)(H,45,53)(H,46,51)/t24-,25+,32+,33+,34+,35+/m1/s1. The maximum atomic E-state index is 14.7. The number of likely N-dealkylation sites (N-methyl/N-ethyl adjacent to an activating group) is 3. The van der Waals surface area contributed by atoms with Crippen molar-refractivity contribution in [2.75, 3.05) is 42.0 Å². The zero-order valence-corrected chi connectivity index (χ0v) is 35.0. The largest absolute Gasteiger partial charge is 0.497 e. The first-order valence-corrected chi connectivity index (χ1v) is 19.4. The molecule has 0 aromatic heterocycles. The summed E-state index contributed by atoms with van der Waals surface area (Å²) in [5.74, 6) is -3.13. The van der Waals surface area contributed by atoms with Gasteiger partial charge in [0.25, 0.3) is 0 Å². The van der Waals surface area contributed by atoms with Crippen molar-refractivity contribution >= 4 is 41.4 Å². The number of methoxy groups -OCH3 is 2. The van der Waals surface area contributed by atoms with Crippen LogP contribution in [-0.4, -0.2) is 134 Å². The lowest BCUT2D eigenvalue weighted by Gasteiger charge is -2.37. The Kier molecular flexibility index (Phi) is 14.4. The molecule has 320 valence electrons. The van der Waals surface area contributed by atoms with Gasteiger partial charge in [-0.15, -0.1) is 0 Å². The molecule has 0 radical (unpaired) electrons. The molecule has 6 amide bonds. The summed E-state index contributed by atoms with van der Waals surface area (Å²) in [4.78, 5) is 101. The maximum Gasteiger partial charge on any atom is 0.302 e. The van der Waals surface area contributed by atoms with E-state index in [9.17, 15) is 33.6 Å². The van der Waals surface area contributed by atoms with Crippen molar-refractivity contribution in [1.29, 1.82) is 0 Å². The first kappa shape index (κ1) is 44.5. The molecule has 3 aliphatic heterocycles. The molecule has 6 rings (SSSR count). The van der Waals surface area contributed by atoms with Crippen LogP contribution in [-0.2, 0) is 57.6 Å². The van der Waals surface area contributed by atoms with E-state index in [2.05, 4.69) is 16.0 Å². The summed E-state index contributed by atoms with van der Waals surface area (Å²) in [7, 11) is 7.25. The minimum atomic E-state index is -1.49. The Bertz CT molecular complexity index is 2090. The number of benzene rings is 3. The molecule has 3 aliphatic rings. The highest BCUT2D eigenvalue weighted by Crippen LogP contribution is 2.34. The lowest BCUT2D eigenvalue weighted by molar-refractivity contribution is -0.150. The zero-order chi connectivity index (χ0) is 43.8. The number of fused-ring (bicyclic) bond motifs is 2. The van der Waals surface area contributed by atoms with E-state index in [-0.39, 0.29) is 19.3 Å². The number of nitrogens with one attached hydrogen (secondary N) is 3. The van der Waals surface area contributed by atoms with E-state index in [0.29, 0.717) is 39.7 Å². The molecule has 17 heteroatoms. The Morgan fingerprint density at radius 3 is 1.93 bits per heavy atom. The predicted octanol–water partition coefficient (Wildman–Crippen LogP) is 1.39. The van der Waals surface area contributed by atoms with Crippen molar-refractivity contribution < 1.29 is 52.5 Å². The Balaban J connectivity index is 1.61. The third-order valence-corrected chi connectivity index (χ3v) is 10.7. The van der Waals surface area contributed by atoms with Crippen LogP contribution in [0.15, 0.2) is 66.7 Å². The van der Waals surface area contributed by atoms with Crippen LogP contribution in [0.25, 0.3) is 0 Å². The van der Waals surface area contributed by atoms with Gasteiger partial charge in [0.05, 0.1) is 14.2 Å². The number of nitrogens with zero attached hydrogens (tertiary/aromatic N) is 3. The number of carbonyl (C=O) groups is 7. The monoisotopic (exact) mass is 828 g/mol. The average Bonchev–Trinajstić information content (AvgIpc) is 3.23. The van der Waals surface area contributed by atoms with Crippen molar-refractivity contribution in [3.8, 4) is 23.0 Å². The van der Waals surface area contributed by atoms with Gasteiger partial charge >= 0.3 is 5.97 Å². The molecule has 3 heterocycles. The summed E-state index contributed by atoms with van der Waals surface area (Å²) < 4.78 is 22.1. The van der Waals surface area contributed by atoms with E-state index < -0.39 is 84.3 Å². The summed E-state index contributed by atoms with van der Waals surface area (Å²) in [6, 6.07) is 11.2. The maximum absolute atomic E-state index is 14.7. The van der Waals surface area contributed by atoms with Crippen LogP contribution in [0.1, 0.15) is 37.5 Å². The second kappa shape index (κ2) is 19.4. The molecule has 60 heavy (non-hydrogen) atoms. The van der Waals surface area contributed by atoms with Crippen LogP contribution in [0.4, 0.5) is 0 Å². The van der Waals surface area contributed by atoms with Crippen LogP contribution in [0.3, 0.4) is 0 Å². The first-order valence-electron chi connectivity index (χ1n) is 19.4. The molecular formula is C43H52N6O11. The quantitative estimate of drug-likeness (QED) is 0.303. The minimum absolute atomic E-state index is 0.0230. The number of carbonyl (C=O) groups excluding carboxylic acids is 7. The Labute approximate surface area is 348 Å². The summed E-state index contributed by atoms with van der Waals surface area (Å²) in [5, 5.41) is 7.98. The normalized spacial score (nSPS) is 23.4. The Morgan fingerprint density at radius 2 is 1.30 bits per heavy atom. The first-order chi connectivity index (χ1) is 28.5. The molecule has 1 fully saturated rings. The Morgan fingerprint density at radius 1 is 0.683 bits per heavy atom. The third kappa shape index (κ3) is 10.5. The number of hydrogen-bond donors (Lipinski definition) is 3. The van der Waals surface area contributed by atoms with Gasteiger partial charge in [-0.05, 0) is 66.9 Å². The van der Waals surface area contributed by atoms with Gasteiger partial charge in [-0.1, -0.05) is 30.3 Å². The van der Waals surface area contributed by atoms with Crippen molar-refractivity contribution in [2.45, 2.75) is 76.3 Å². The van der Waals surface area contributed by atoms with E-state index in [1.54, 1.807) is 66.7 Å². The van der Waals surface area contributed by atoms with Gasteiger partial charge in [0, 0.05) is 47.3 Å². The number of ether oxygens (including phenoxy) is 4. The molecule has 6 bridgehead atoms. The summed E-state index contributed by atoms with van der Waals surface area (Å²) in [5.41, 5.74) is 1.88. The minimum Gasteiger partial charge on any atom is -0.497 e. The zero-order valence-electron chi connectivity index (χ0n) is 35.0. The van der Waals surface area contributed by atoms with Gasteiger partial charge in [-0.3, -0.25) is 33.6 Å². The van der Waals surface area contributed by atoms with E-state index in [4.69, 9.17) is 18.9 Å².